The lowest BCUT2D eigenvalue weighted by Gasteiger charge is -2.33. The Morgan fingerprint density at radius 3 is 2.89 bits per heavy atom. The average Bonchev–Trinajstić information content (AvgIpc) is 2.90. The van der Waals surface area contributed by atoms with Gasteiger partial charge in [0.2, 0.25) is 11.7 Å². The highest BCUT2D eigenvalue weighted by molar-refractivity contribution is 5.03. The van der Waals surface area contributed by atoms with E-state index in [1.807, 2.05) is 6.92 Å². The molecule has 0 amide bonds. The Morgan fingerprint density at radius 1 is 1.42 bits per heavy atom. The minimum absolute atomic E-state index is 0.346. The van der Waals surface area contributed by atoms with Gasteiger partial charge in [-0.25, -0.2) is 0 Å². The van der Waals surface area contributed by atoms with E-state index >= 15 is 0 Å². The fraction of sp³-hybridized carbons (Fsp3) is 0.714. The Kier molecular flexibility index (Phi) is 4.94. The summed E-state index contributed by atoms with van der Waals surface area (Å²) in [6, 6.07) is 0. The molecule has 0 unspecified atom stereocenters. The predicted octanol–water partition coefficient (Wildman–Crippen LogP) is 1.99. The van der Waals surface area contributed by atoms with E-state index in [4.69, 9.17) is 15.7 Å². The molecule has 0 atom stereocenters. The summed E-state index contributed by atoms with van der Waals surface area (Å²) >= 11 is 0. The SMILES string of the molecule is C#CCNCc1nc(C2(OCC)CCCCC2)no1. The molecule has 1 fully saturated rings. The molecule has 1 N–H and O–H groups in total. The van der Waals surface area contributed by atoms with Gasteiger partial charge in [0.15, 0.2) is 0 Å². The van der Waals surface area contributed by atoms with Crippen molar-refractivity contribution in [3.63, 3.8) is 0 Å². The summed E-state index contributed by atoms with van der Waals surface area (Å²) in [5.74, 6) is 3.76. The van der Waals surface area contributed by atoms with E-state index in [1.54, 1.807) is 0 Å². The van der Waals surface area contributed by atoms with E-state index in [9.17, 15) is 0 Å². The largest absolute Gasteiger partial charge is 0.367 e. The molecule has 1 heterocycles. The van der Waals surface area contributed by atoms with Gasteiger partial charge in [0.25, 0.3) is 0 Å². The number of nitrogens with one attached hydrogen (secondary N) is 1. The van der Waals surface area contributed by atoms with Gasteiger partial charge in [0, 0.05) is 6.61 Å². The van der Waals surface area contributed by atoms with Gasteiger partial charge in [-0.3, -0.25) is 5.32 Å². The second-order valence-corrected chi connectivity index (χ2v) is 4.81. The van der Waals surface area contributed by atoms with Crippen LogP contribution in [0.2, 0.25) is 0 Å². The molecule has 0 radical (unpaired) electrons. The Bertz CT molecular complexity index is 425. The topological polar surface area (TPSA) is 60.2 Å². The van der Waals surface area contributed by atoms with Gasteiger partial charge in [-0.05, 0) is 19.8 Å². The maximum atomic E-state index is 5.96. The number of rotatable bonds is 6. The van der Waals surface area contributed by atoms with Crippen molar-refractivity contribution in [2.75, 3.05) is 13.2 Å². The second-order valence-electron chi connectivity index (χ2n) is 4.81. The first-order valence-corrected chi connectivity index (χ1v) is 6.92. The lowest BCUT2D eigenvalue weighted by molar-refractivity contribution is -0.0777. The zero-order valence-electron chi connectivity index (χ0n) is 11.4. The van der Waals surface area contributed by atoms with Crippen molar-refractivity contribution < 1.29 is 9.26 Å². The first-order valence-electron chi connectivity index (χ1n) is 6.92. The van der Waals surface area contributed by atoms with Crippen LogP contribution in [-0.2, 0) is 16.9 Å². The second kappa shape index (κ2) is 6.69. The zero-order chi connectivity index (χ0) is 13.6. The van der Waals surface area contributed by atoms with E-state index in [0.29, 0.717) is 31.4 Å². The van der Waals surface area contributed by atoms with Gasteiger partial charge in [0.1, 0.15) is 5.60 Å². The molecule has 1 saturated carbocycles. The summed E-state index contributed by atoms with van der Waals surface area (Å²) < 4.78 is 11.2. The summed E-state index contributed by atoms with van der Waals surface area (Å²) in [4.78, 5) is 4.46. The number of nitrogens with zero attached hydrogens (tertiary/aromatic N) is 2. The van der Waals surface area contributed by atoms with Crippen molar-refractivity contribution in [3.8, 4) is 12.3 Å². The van der Waals surface area contributed by atoms with Crippen LogP contribution in [0.1, 0.15) is 50.7 Å². The monoisotopic (exact) mass is 263 g/mol. The molecular formula is C14H21N3O2. The van der Waals surface area contributed by atoms with Gasteiger partial charge in [0.05, 0.1) is 13.1 Å². The third kappa shape index (κ3) is 3.34. The predicted molar refractivity (Wildman–Crippen MR) is 71.2 cm³/mol. The Balaban J connectivity index is 2.07. The molecule has 1 aromatic rings. The summed E-state index contributed by atoms with van der Waals surface area (Å²) in [5.41, 5.74) is -0.346. The van der Waals surface area contributed by atoms with E-state index in [1.165, 1.54) is 6.42 Å². The van der Waals surface area contributed by atoms with Gasteiger partial charge in [-0.1, -0.05) is 30.3 Å². The zero-order valence-corrected chi connectivity index (χ0v) is 11.4. The highest BCUT2D eigenvalue weighted by Gasteiger charge is 2.39. The maximum absolute atomic E-state index is 5.96. The van der Waals surface area contributed by atoms with Gasteiger partial charge >= 0.3 is 0 Å². The summed E-state index contributed by atoms with van der Waals surface area (Å²) in [5, 5.41) is 7.15. The van der Waals surface area contributed by atoms with Gasteiger partial charge in [-0.15, -0.1) is 6.42 Å². The summed E-state index contributed by atoms with van der Waals surface area (Å²) in [6.07, 6.45) is 10.7. The van der Waals surface area contributed by atoms with Crippen molar-refractivity contribution in [1.29, 1.82) is 0 Å². The molecule has 2 rings (SSSR count). The molecule has 0 aliphatic heterocycles. The summed E-state index contributed by atoms with van der Waals surface area (Å²) in [7, 11) is 0. The van der Waals surface area contributed by atoms with Crippen LogP contribution >= 0.6 is 0 Å². The third-order valence-electron chi connectivity index (χ3n) is 3.46. The molecule has 1 aliphatic carbocycles. The van der Waals surface area contributed by atoms with Gasteiger partial charge in [-0.2, -0.15) is 4.98 Å². The molecule has 1 aliphatic rings. The van der Waals surface area contributed by atoms with Crippen LogP contribution in [0.15, 0.2) is 4.52 Å². The number of terminal acetylenes is 1. The Labute approximate surface area is 114 Å². The highest BCUT2D eigenvalue weighted by atomic mass is 16.5. The molecule has 19 heavy (non-hydrogen) atoms. The van der Waals surface area contributed by atoms with Crippen LogP contribution in [-0.4, -0.2) is 23.3 Å². The fourth-order valence-corrected chi connectivity index (χ4v) is 2.59. The quantitative estimate of drug-likeness (QED) is 0.628. The van der Waals surface area contributed by atoms with Crippen molar-refractivity contribution >= 4 is 0 Å². The van der Waals surface area contributed by atoms with Crippen molar-refractivity contribution in [2.24, 2.45) is 0 Å². The van der Waals surface area contributed by atoms with Crippen LogP contribution in [0, 0.1) is 12.3 Å². The molecule has 5 heteroatoms. The number of aromatic nitrogens is 2. The molecule has 0 saturated heterocycles. The first kappa shape index (κ1) is 14.0. The third-order valence-corrected chi connectivity index (χ3v) is 3.46. The minimum Gasteiger partial charge on any atom is -0.367 e. The van der Waals surface area contributed by atoms with E-state index in [2.05, 4.69) is 21.4 Å². The normalized spacial score (nSPS) is 18.1. The van der Waals surface area contributed by atoms with Crippen molar-refractivity contribution in [3.05, 3.63) is 11.7 Å². The van der Waals surface area contributed by atoms with Crippen LogP contribution in [0.25, 0.3) is 0 Å². The van der Waals surface area contributed by atoms with E-state index in [0.717, 1.165) is 25.7 Å². The molecule has 0 spiro atoms. The molecule has 104 valence electrons. The van der Waals surface area contributed by atoms with Crippen molar-refractivity contribution in [1.82, 2.24) is 15.5 Å². The number of hydrogen-bond acceptors (Lipinski definition) is 5. The smallest absolute Gasteiger partial charge is 0.240 e. The molecule has 5 nitrogen and oxygen atoms in total. The van der Waals surface area contributed by atoms with Crippen LogP contribution in [0.4, 0.5) is 0 Å². The maximum Gasteiger partial charge on any atom is 0.240 e. The Hall–Kier alpha value is -1.38. The number of ether oxygens (including phenoxy) is 1. The fourth-order valence-electron chi connectivity index (χ4n) is 2.59. The van der Waals surface area contributed by atoms with Crippen LogP contribution in [0.3, 0.4) is 0 Å². The molecule has 0 aromatic carbocycles. The average molecular weight is 263 g/mol. The van der Waals surface area contributed by atoms with Crippen molar-refractivity contribution in [2.45, 2.75) is 51.2 Å². The standard InChI is InChI=1S/C14H21N3O2/c1-3-10-15-11-12-16-13(17-19-12)14(18-4-2)8-6-5-7-9-14/h1,15H,4-11H2,2H3. The lowest BCUT2D eigenvalue weighted by Crippen LogP contribution is -2.33. The summed E-state index contributed by atoms with van der Waals surface area (Å²) in [6.45, 7) is 3.67. The lowest BCUT2D eigenvalue weighted by atomic mass is 9.84. The minimum atomic E-state index is -0.346. The van der Waals surface area contributed by atoms with E-state index < -0.39 is 0 Å². The van der Waals surface area contributed by atoms with Crippen LogP contribution < -0.4 is 5.32 Å². The molecule has 0 bridgehead atoms. The van der Waals surface area contributed by atoms with Crippen LogP contribution in [0.5, 0.6) is 0 Å². The number of hydrogen-bond donors (Lipinski definition) is 1. The van der Waals surface area contributed by atoms with Gasteiger partial charge < -0.3 is 9.26 Å². The van der Waals surface area contributed by atoms with E-state index in [-0.39, 0.29) is 5.60 Å². The molecule has 1 aromatic heterocycles. The Morgan fingerprint density at radius 2 is 2.21 bits per heavy atom. The molecular weight excluding hydrogens is 242 g/mol. The first-order chi connectivity index (χ1) is 9.30. The highest BCUT2D eigenvalue weighted by Crippen LogP contribution is 2.38.